The van der Waals surface area contributed by atoms with Gasteiger partial charge >= 0.3 is 0 Å². The molecule has 0 aliphatic carbocycles. The summed E-state index contributed by atoms with van der Waals surface area (Å²) in [5.41, 5.74) is 1.55. The number of pyridine rings is 1. The fraction of sp³-hybridized carbons (Fsp3) is 0.158. The first-order chi connectivity index (χ1) is 11.6. The molecule has 0 fully saturated rings. The minimum absolute atomic E-state index is 0.121. The maximum Gasteiger partial charge on any atom is 0.256 e. The molecule has 122 valence electrons. The van der Waals surface area contributed by atoms with Gasteiger partial charge in [0.05, 0.1) is 5.52 Å². The highest BCUT2D eigenvalue weighted by atomic mass is 19.1. The molecular formula is C19H17FN2O2. The molecule has 1 heterocycles. The van der Waals surface area contributed by atoms with Crippen LogP contribution < -0.4 is 10.7 Å². The van der Waals surface area contributed by atoms with E-state index in [0.29, 0.717) is 18.4 Å². The number of aromatic nitrogens is 1. The Bertz CT molecular complexity index is 946. The normalized spacial score (nSPS) is 10.8. The van der Waals surface area contributed by atoms with Gasteiger partial charge in [-0.1, -0.05) is 24.3 Å². The number of amides is 1. The molecule has 5 heteroatoms. The highest BCUT2D eigenvalue weighted by Gasteiger charge is 2.13. The molecule has 0 atom stereocenters. The third kappa shape index (κ3) is 3.20. The van der Waals surface area contributed by atoms with Crippen molar-refractivity contribution in [2.24, 2.45) is 7.05 Å². The number of para-hydroxylation sites is 1. The van der Waals surface area contributed by atoms with Crippen molar-refractivity contribution in [1.29, 1.82) is 0 Å². The number of halogens is 1. The van der Waals surface area contributed by atoms with Crippen molar-refractivity contribution in [3.8, 4) is 0 Å². The van der Waals surface area contributed by atoms with E-state index in [2.05, 4.69) is 5.32 Å². The Hall–Kier alpha value is -2.95. The summed E-state index contributed by atoms with van der Waals surface area (Å²) in [6, 6.07) is 13.3. The van der Waals surface area contributed by atoms with Crippen LogP contribution in [0.15, 0.2) is 59.5 Å². The van der Waals surface area contributed by atoms with Gasteiger partial charge in [-0.05, 0) is 36.2 Å². The van der Waals surface area contributed by atoms with E-state index in [4.69, 9.17) is 0 Å². The van der Waals surface area contributed by atoms with Gasteiger partial charge in [-0.15, -0.1) is 0 Å². The zero-order valence-electron chi connectivity index (χ0n) is 13.3. The van der Waals surface area contributed by atoms with Crippen LogP contribution in [0, 0.1) is 5.82 Å². The Morgan fingerprint density at radius 1 is 1.12 bits per heavy atom. The maximum atomic E-state index is 12.9. The Kier molecular flexibility index (Phi) is 4.42. The predicted molar refractivity (Wildman–Crippen MR) is 91.6 cm³/mol. The summed E-state index contributed by atoms with van der Waals surface area (Å²) in [6.45, 7) is 0.375. The number of hydrogen-bond acceptors (Lipinski definition) is 2. The molecule has 3 aromatic rings. The number of rotatable bonds is 4. The monoisotopic (exact) mass is 324 g/mol. The zero-order chi connectivity index (χ0) is 17.1. The molecule has 0 bridgehead atoms. The van der Waals surface area contributed by atoms with Gasteiger partial charge in [-0.25, -0.2) is 4.39 Å². The van der Waals surface area contributed by atoms with E-state index in [1.165, 1.54) is 12.1 Å². The summed E-state index contributed by atoms with van der Waals surface area (Å²) in [4.78, 5) is 24.8. The number of hydrogen-bond donors (Lipinski definition) is 1. The third-order valence-corrected chi connectivity index (χ3v) is 3.95. The van der Waals surface area contributed by atoms with E-state index in [1.807, 2.05) is 12.1 Å². The quantitative estimate of drug-likeness (QED) is 0.802. The topological polar surface area (TPSA) is 51.1 Å². The van der Waals surface area contributed by atoms with E-state index >= 15 is 0 Å². The molecule has 3 rings (SSSR count). The lowest BCUT2D eigenvalue weighted by atomic mass is 10.1. The number of aryl methyl sites for hydroxylation is 1. The van der Waals surface area contributed by atoms with Gasteiger partial charge in [-0.3, -0.25) is 9.59 Å². The lowest BCUT2D eigenvalue weighted by Gasteiger charge is -2.09. The molecular weight excluding hydrogens is 307 g/mol. The average Bonchev–Trinajstić information content (AvgIpc) is 2.60. The van der Waals surface area contributed by atoms with Gasteiger partial charge in [0.25, 0.3) is 5.91 Å². The van der Waals surface area contributed by atoms with E-state index in [0.717, 1.165) is 11.1 Å². The van der Waals surface area contributed by atoms with Crippen molar-refractivity contribution >= 4 is 16.8 Å². The SMILES string of the molecule is Cn1cc(C(=O)NCCc2ccc(F)cc2)c(=O)c2ccccc21. The van der Waals surface area contributed by atoms with Crippen LogP contribution in [0.2, 0.25) is 0 Å². The first kappa shape index (κ1) is 15.9. The molecule has 0 spiro atoms. The maximum absolute atomic E-state index is 12.9. The van der Waals surface area contributed by atoms with Gasteiger partial charge in [0.2, 0.25) is 5.43 Å². The van der Waals surface area contributed by atoms with Gasteiger partial charge in [0.15, 0.2) is 0 Å². The van der Waals surface area contributed by atoms with Crippen molar-refractivity contribution in [2.45, 2.75) is 6.42 Å². The number of carbonyl (C=O) groups is 1. The second-order valence-electron chi connectivity index (χ2n) is 5.63. The lowest BCUT2D eigenvalue weighted by molar-refractivity contribution is 0.0952. The molecule has 0 aliphatic heterocycles. The Balaban J connectivity index is 1.75. The molecule has 0 saturated carbocycles. The molecule has 24 heavy (non-hydrogen) atoms. The predicted octanol–water partition coefficient (Wildman–Crippen LogP) is 2.65. The van der Waals surface area contributed by atoms with Crippen molar-refractivity contribution in [3.63, 3.8) is 0 Å². The Labute approximate surface area is 138 Å². The van der Waals surface area contributed by atoms with Crippen molar-refractivity contribution in [1.82, 2.24) is 9.88 Å². The zero-order valence-corrected chi connectivity index (χ0v) is 13.3. The van der Waals surface area contributed by atoms with Crippen molar-refractivity contribution in [3.05, 3.63) is 81.9 Å². The summed E-state index contributed by atoms with van der Waals surface area (Å²) in [6.07, 6.45) is 2.12. The highest BCUT2D eigenvalue weighted by molar-refractivity contribution is 5.97. The minimum atomic E-state index is -0.400. The number of benzene rings is 2. The fourth-order valence-corrected chi connectivity index (χ4v) is 2.67. The number of nitrogens with zero attached hydrogens (tertiary/aromatic N) is 1. The molecule has 2 aromatic carbocycles. The standard InChI is InChI=1S/C19H17FN2O2/c1-22-12-16(18(23)15-4-2-3-5-17(15)22)19(24)21-11-10-13-6-8-14(20)9-7-13/h2-9,12H,10-11H2,1H3,(H,21,24). The van der Waals surface area contributed by atoms with E-state index in [-0.39, 0.29) is 16.8 Å². The largest absolute Gasteiger partial charge is 0.352 e. The molecule has 0 aliphatic rings. The highest BCUT2D eigenvalue weighted by Crippen LogP contribution is 2.10. The molecule has 1 N–H and O–H groups in total. The summed E-state index contributed by atoms with van der Waals surface area (Å²) in [7, 11) is 1.80. The fourth-order valence-electron chi connectivity index (χ4n) is 2.67. The molecule has 0 radical (unpaired) electrons. The first-order valence-electron chi connectivity index (χ1n) is 7.67. The smallest absolute Gasteiger partial charge is 0.256 e. The van der Waals surface area contributed by atoms with Crippen LogP contribution in [-0.2, 0) is 13.5 Å². The van der Waals surface area contributed by atoms with Crippen LogP contribution >= 0.6 is 0 Å². The van der Waals surface area contributed by atoms with Crippen LogP contribution in [0.3, 0.4) is 0 Å². The van der Waals surface area contributed by atoms with Crippen LogP contribution in [0.4, 0.5) is 4.39 Å². The average molecular weight is 324 g/mol. The van der Waals surface area contributed by atoms with Crippen LogP contribution in [-0.4, -0.2) is 17.0 Å². The third-order valence-electron chi connectivity index (χ3n) is 3.95. The molecule has 0 saturated heterocycles. The van der Waals surface area contributed by atoms with E-state index in [9.17, 15) is 14.0 Å². The second-order valence-corrected chi connectivity index (χ2v) is 5.63. The van der Waals surface area contributed by atoms with Crippen molar-refractivity contribution < 1.29 is 9.18 Å². The van der Waals surface area contributed by atoms with Crippen LogP contribution in [0.1, 0.15) is 15.9 Å². The summed E-state index contributed by atoms with van der Waals surface area (Å²) >= 11 is 0. The Morgan fingerprint density at radius 3 is 2.58 bits per heavy atom. The van der Waals surface area contributed by atoms with Gasteiger partial charge in [0, 0.05) is 25.2 Å². The summed E-state index contributed by atoms with van der Waals surface area (Å²) in [5.74, 6) is -0.689. The number of carbonyl (C=O) groups excluding carboxylic acids is 1. The molecule has 4 nitrogen and oxygen atoms in total. The van der Waals surface area contributed by atoms with E-state index in [1.54, 1.807) is 42.1 Å². The first-order valence-corrected chi connectivity index (χ1v) is 7.67. The number of fused-ring (bicyclic) bond motifs is 1. The van der Waals surface area contributed by atoms with Gasteiger partial charge in [-0.2, -0.15) is 0 Å². The molecule has 1 amide bonds. The summed E-state index contributed by atoms with van der Waals surface area (Å²) in [5, 5.41) is 3.27. The van der Waals surface area contributed by atoms with Crippen LogP contribution in [0.5, 0.6) is 0 Å². The van der Waals surface area contributed by atoms with Crippen LogP contribution in [0.25, 0.3) is 10.9 Å². The molecule has 0 unspecified atom stereocenters. The van der Waals surface area contributed by atoms with E-state index < -0.39 is 5.91 Å². The number of nitrogens with one attached hydrogen (secondary N) is 1. The molecule has 1 aromatic heterocycles. The van der Waals surface area contributed by atoms with Crippen molar-refractivity contribution in [2.75, 3.05) is 6.54 Å². The summed E-state index contributed by atoms with van der Waals surface area (Å²) < 4.78 is 14.6. The van der Waals surface area contributed by atoms with Gasteiger partial charge < -0.3 is 9.88 Å². The lowest BCUT2D eigenvalue weighted by Crippen LogP contribution is -2.31. The minimum Gasteiger partial charge on any atom is -0.352 e. The Morgan fingerprint density at radius 2 is 1.83 bits per heavy atom. The van der Waals surface area contributed by atoms with Gasteiger partial charge in [0.1, 0.15) is 11.4 Å². The second kappa shape index (κ2) is 6.66.